The Morgan fingerprint density at radius 1 is 1.14 bits per heavy atom. The summed E-state index contributed by atoms with van der Waals surface area (Å²) in [5.41, 5.74) is 4.44. The molecule has 0 bridgehead atoms. The van der Waals surface area contributed by atoms with Crippen molar-refractivity contribution in [3.8, 4) is 0 Å². The van der Waals surface area contributed by atoms with E-state index in [-0.39, 0.29) is 30.6 Å². The van der Waals surface area contributed by atoms with E-state index in [0.29, 0.717) is 5.84 Å². The van der Waals surface area contributed by atoms with Crippen molar-refractivity contribution in [3.63, 3.8) is 0 Å². The van der Waals surface area contributed by atoms with Gasteiger partial charge in [0.15, 0.2) is 0 Å². The molecule has 1 unspecified atom stereocenters. The van der Waals surface area contributed by atoms with Crippen LogP contribution in [0.1, 0.15) is 66.0 Å². The first-order chi connectivity index (χ1) is 17.1. The van der Waals surface area contributed by atoms with Crippen LogP contribution in [0.2, 0.25) is 0 Å². The first kappa shape index (κ1) is 25.6. The number of aryl methyl sites for hydroxylation is 1. The second kappa shape index (κ2) is 10.2. The zero-order valence-electron chi connectivity index (χ0n) is 21.5. The van der Waals surface area contributed by atoms with Gasteiger partial charge in [0.2, 0.25) is 0 Å². The molecule has 1 fully saturated rings. The molecule has 3 N–H and O–H groups in total. The van der Waals surface area contributed by atoms with Gasteiger partial charge in [-0.3, -0.25) is 20.2 Å². The van der Waals surface area contributed by atoms with Crippen molar-refractivity contribution in [1.82, 2.24) is 4.57 Å². The minimum Gasteiger partial charge on any atom is -0.460 e. The van der Waals surface area contributed by atoms with Gasteiger partial charge in [0.25, 0.3) is 0 Å². The van der Waals surface area contributed by atoms with Crippen molar-refractivity contribution >= 4 is 11.8 Å². The Labute approximate surface area is 212 Å². The smallest absolute Gasteiger partial charge is 0.312 e. The SMILES string of the molecule is Cc1ccc(C(c2ccn(C(=N)C3CC3)c(=N)c2C)C(C)(C)C(=O)OCc2ccccc2)cc1CO. The number of aromatic nitrogens is 1. The monoisotopic (exact) mass is 485 g/mol. The molecule has 0 spiro atoms. The Balaban J connectivity index is 1.77. The first-order valence-electron chi connectivity index (χ1n) is 12.4. The molecule has 2 aromatic carbocycles. The van der Waals surface area contributed by atoms with Gasteiger partial charge in [-0.2, -0.15) is 0 Å². The maximum absolute atomic E-state index is 13.6. The quantitative estimate of drug-likeness (QED) is 0.232. The van der Waals surface area contributed by atoms with Gasteiger partial charge < -0.3 is 9.84 Å². The molecular weight excluding hydrogens is 450 g/mol. The van der Waals surface area contributed by atoms with Crippen LogP contribution < -0.4 is 5.49 Å². The molecule has 1 aliphatic carbocycles. The molecule has 1 aromatic heterocycles. The number of nitrogens with one attached hydrogen (secondary N) is 2. The predicted octanol–water partition coefficient (Wildman–Crippen LogP) is 5.21. The van der Waals surface area contributed by atoms with Crippen LogP contribution in [0.4, 0.5) is 0 Å². The lowest BCUT2D eigenvalue weighted by atomic mass is 9.70. The number of ether oxygens (including phenoxy) is 1. The van der Waals surface area contributed by atoms with E-state index in [9.17, 15) is 9.90 Å². The average Bonchev–Trinajstić information content (AvgIpc) is 3.72. The van der Waals surface area contributed by atoms with Crippen LogP contribution in [0, 0.1) is 36.0 Å². The highest BCUT2D eigenvalue weighted by Crippen LogP contribution is 2.43. The molecule has 1 atom stereocenters. The predicted molar refractivity (Wildman–Crippen MR) is 140 cm³/mol. The molecule has 0 aliphatic heterocycles. The van der Waals surface area contributed by atoms with Gasteiger partial charge in [0.05, 0.1) is 12.0 Å². The van der Waals surface area contributed by atoms with Crippen molar-refractivity contribution in [3.05, 3.63) is 99.7 Å². The molecule has 188 valence electrons. The molecular formula is C30H35N3O3. The van der Waals surface area contributed by atoms with Crippen LogP contribution in [-0.2, 0) is 22.7 Å². The number of aliphatic hydroxyl groups is 1. The highest BCUT2D eigenvalue weighted by molar-refractivity contribution is 5.86. The van der Waals surface area contributed by atoms with Gasteiger partial charge in [-0.15, -0.1) is 0 Å². The number of carbonyl (C=O) groups excluding carboxylic acids is 1. The maximum atomic E-state index is 13.6. The third kappa shape index (κ3) is 5.05. The number of carbonyl (C=O) groups is 1. The molecule has 0 saturated heterocycles. The van der Waals surface area contributed by atoms with Crippen molar-refractivity contribution < 1.29 is 14.6 Å². The number of rotatable bonds is 8. The van der Waals surface area contributed by atoms with Crippen molar-refractivity contribution in [2.24, 2.45) is 11.3 Å². The summed E-state index contributed by atoms with van der Waals surface area (Å²) < 4.78 is 7.44. The van der Waals surface area contributed by atoms with E-state index in [1.54, 1.807) is 10.8 Å². The Hall–Kier alpha value is -3.51. The van der Waals surface area contributed by atoms with E-state index in [2.05, 4.69) is 0 Å². The number of pyridine rings is 1. The van der Waals surface area contributed by atoms with Crippen LogP contribution >= 0.6 is 0 Å². The van der Waals surface area contributed by atoms with Crippen LogP contribution in [-0.4, -0.2) is 21.5 Å². The molecule has 1 saturated carbocycles. The summed E-state index contributed by atoms with van der Waals surface area (Å²) in [4.78, 5) is 13.6. The Bertz CT molecular complexity index is 1340. The lowest BCUT2D eigenvalue weighted by Crippen LogP contribution is -2.37. The number of nitrogens with zero attached hydrogens (tertiary/aromatic N) is 1. The second-order valence-electron chi connectivity index (χ2n) is 10.3. The number of hydrogen-bond acceptors (Lipinski definition) is 5. The summed E-state index contributed by atoms with van der Waals surface area (Å²) in [7, 11) is 0. The molecule has 1 aliphatic rings. The fourth-order valence-corrected chi connectivity index (χ4v) is 4.79. The summed E-state index contributed by atoms with van der Waals surface area (Å²) in [5, 5.41) is 27.2. The number of aliphatic hydroxyl groups excluding tert-OH is 1. The largest absolute Gasteiger partial charge is 0.460 e. The fraction of sp³-hybridized carbons (Fsp3) is 0.367. The van der Waals surface area contributed by atoms with E-state index >= 15 is 0 Å². The third-order valence-electron chi connectivity index (χ3n) is 7.30. The lowest BCUT2D eigenvalue weighted by Gasteiger charge is -2.34. The van der Waals surface area contributed by atoms with Gasteiger partial charge in [-0.1, -0.05) is 48.5 Å². The van der Waals surface area contributed by atoms with E-state index in [4.69, 9.17) is 15.6 Å². The molecule has 0 amide bonds. The Kier molecular flexibility index (Phi) is 7.27. The summed E-state index contributed by atoms with van der Waals surface area (Å²) >= 11 is 0. The van der Waals surface area contributed by atoms with Gasteiger partial charge in [-0.05, 0) is 80.0 Å². The van der Waals surface area contributed by atoms with E-state index in [1.807, 2.05) is 82.3 Å². The van der Waals surface area contributed by atoms with Crippen molar-refractivity contribution in [2.75, 3.05) is 0 Å². The van der Waals surface area contributed by atoms with Gasteiger partial charge in [0, 0.05) is 18.0 Å². The first-order valence-corrected chi connectivity index (χ1v) is 12.4. The molecule has 6 heteroatoms. The highest BCUT2D eigenvalue weighted by Gasteiger charge is 2.41. The maximum Gasteiger partial charge on any atom is 0.312 e. The zero-order chi connectivity index (χ0) is 26.0. The molecule has 36 heavy (non-hydrogen) atoms. The number of esters is 1. The van der Waals surface area contributed by atoms with Crippen LogP contribution in [0.15, 0.2) is 60.8 Å². The topological polar surface area (TPSA) is 99.2 Å². The third-order valence-corrected chi connectivity index (χ3v) is 7.30. The minimum absolute atomic E-state index is 0.0959. The lowest BCUT2D eigenvalue weighted by molar-refractivity contribution is -0.156. The molecule has 6 nitrogen and oxygen atoms in total. The van der Waals surface area contributed by atoms with Crippen LogP contribution in [0.5, 0.6) is 0 Å². The van der Waals surface area contributed by atoms with Crippen molar-refractivity contribution in [1.29, 1.82) is 10.8 Å². The molecule has 1 heterocycles. The summed E-state index contributed by atoms with van der Waals surface area (Å²) in [6.07, 6.45) is 3.76. The fourth-order valence-electron chi connectivity index (χ4n) is 4.79. The normalized spacial score (nSPS) is 14.4. The second-order valence-corrected chi connectivity index (χ2v) is 10.3. The van der Waals surface area contributed by atoms with Crippen LogP contribution in [0.25, 0.3) is 0 Å². The average molecular weight is 486 g/mol. The van der Waals surface area contributed by atoms with E-state index in [0.717, 1.165) is 46.2 Å². The highest BCUT2D eigenvalue weighted by atomic mass is 16.5. The van der Waals surface area contributed by atoms with Crippen molar-refractivity contribution in [2.45, 2.75) is 59.7 Å². The van der Waals surface area contributed by atoms with Gasteiger partial charge in [-0.25, -0.2) is 0 Å². The molecule has 0 radical (unpaired) electrons. The molecule has 3 aromatic rings. The Morgan fingerprint density at radius 2 is 1.83 bits per heavy atom. The molecule has 4 rings (SSSR count). The number of hydrogen-bond donors (Lipinski definition) is 3. The summed E-state index contributed by atoms with van der Waals surface area (Å²) in [6.45, 7) is 7.67. The van der Waals surface area contributed by atoms with Gasteiger partial charge >= 0.3 is 5.97 Å². The summed E-state index contributed by atoms with van der Waals surface area (Å²) in [6, 6.07) is 17.4. The van der Waals surface area contributed by atoms with Crippen LogP contribution in [0.3, 0.4) is 0 Å². The standard InChI is InChI=1S/C30H35N3O3/c1-19-10-11-23(16-24(19)17-34)26(30(3,4)29(35)36-18-21-8-6-5-7-9-21)25-14-15-33(27(31)20(25)2)28(32)22-12-13-22/h5-11,14-16,22,26,31-32,34H,12-13,17-18H2,1-4H3. The summed E-state index contributed by atoms with van der Waals surface area (Å²) in [5.74, 6) is -0.0872. The van der Waals surface area contributed by atoms with E-state index in [1.165, 1.54) is 0 Å². The van der Waals surface area contributed by atoms with E-state index < -0.39 is 11.3 Å². The minimum atomic E-state index is -0.968. The zero-order valence-corrected chi connectivity index (χ0v) is 21.5. The Morgan fingerprint density at radius 3 is 2.47 bits per heavy atom. The van der Waals surface area contributed by atoms with Gasteiger partial charge in [0.1, 0.15) is 17.9 Å². The number of benzene rings is 2.